The molecule has 1 atom stereocenters. The minimum atomic E-state index is -5.37. The quantitative estimate of drug-likeness (QED) is 0.353. The van der Waals surface area contributed by atoms with E-state index in [1.165, 1.54) is 0 Å². The number of β-amino-alcohol motifs (C(OH)–C–C–N with tert-alkyl or cyclic N) is 1. The predicted octanol–water partition coefficient (Wildman–Crippen LogP) is 4.79. The number of alkyl halides is 3. The standard InChI is InChI=1S/C24H24Cl2F4N2O6/c1-14(33)32(38-23(35)24(28,29)30)21-5-2-15(27)10-22(21)36-13-16(34)12-31-8-6-17(7-9-31)37-18-3-4-19(25)20(26)11-18/h2-5,10-11,16-17,34H,6-9,12-13H2,1H3/t16-/m0/s1. The maximum atomic E-state index is 13.8. The summed E-state index contributed by atoms with van der Waals surface area (Å²) in [4.78, 5) is 29.2. The Labute approximate surface area is 225 Å². The van der Waals surface area contributed by atoms with Crippen LogP contribution < -0.4 is 14.5 Å². The molecule has 1 aliphatic heterocycles. The van der Waals surface area contributed by atoms with E-state index in [1.54, 1.807) is 18.2 Å². The number of halogens is 6. The Morgan fingerprint density at radius 1 is 1.13 bits per heavy atom. The van der Waals surface area contributed by atoms with E-state index in [9.17, 15) is 32.3 Å². The second-order valence-electron chi connectivity index (χ2n) is 8.46. The summed E-state index contributed by atoms with van der Waals surface area (Å²) < 4.78 is 63.1. The minimum Gasteiger partial charge on any atom is -0.490 e. The molecule has 1 saturated heterocycles. The molecule has 14 heteroatoms. The Morgan fingerprint density at radius 3 is 2.42 bits per heavy atom. The number of aliphatic hydroxyl groups is 1. The number of hydrogen-bond acceptors (Lipinski definition) is 7. The number of hydroxylamine groups is 1. The van der Waals surface area contributed by atoms with Gasteiger partial charge in [-0.3, -0.25) is 4.79 Å². The van der Waals surface area contributed by atoms with E-state index >= 15 is 0 Å². The second-order valence-corrected chi connectivity index (χ2v) is 9.27. The van der Waals surface area contributed by atoms with Gasteiger partial charge in [0.1, 0.15) is 41.8 Å². The first kappa shape index (κ1) is 29.8. The molecule has 208 valence electrons. The molecule has 0 radical (unpaired) electrons. The van der Waals surface area contributed by atoms with Gasteiger partial charge in [-0.2, -0.15) is 13.2 Å². The van der Waals surface area contributed by atoms with Crippen LogP contribution in [0.3, 0.4) is 0 Å². The number of amides is 1. The van der Waals surface area contributed by atoms with Gasteiger partial charge in [-0.15, -0.1) is 5.06 Å². The Balaban J connectivity index is 1.55. The van der Waals surface area contributed by atoms with Crippen molar-refractivity contribution in [3.63, 3.8) is 0 Å². The van der Waals surface area contributed by atoms with Crippen molar-refractivity contribution in [2.45, 2.75) is 38.1 Å². The molecule has 38 heavy (non-hydrogen) atoms. The highest BCUT2D eigenvalue weighted by molar-refractivity contribution is 6.42. The van der Waals surface area contributed by atoms with Gasteiger partial charge >= 0.3 is 12.1 Å². The molecule has 8 nitrogen and oxygen atoms in total. The first-order chi connectivity index (χ1) is 17.8. The molecule has 0 unspecified atom stereocenters. The Kier molecular flexibility index (Phi) is 10.0. The SMILES string of the molecule is CC(=O)N(OC(=O)C(F)(F)F)c1ccc(F)cc1OC[C@@H](O)CN1CCC(Oc2ccc(Cl)c(Cl)c2)CC1. The van der Waals surface area contributed by atoms with Gasteiger partial charge in [-0.05, 0) is 37.1 Å². The third-order valence-corrected chi connectivity index (χ3v) is 6.20. The van der Waals surface area contributed by atoms with Crippen LogP contribution in [-0.4, -0.2) is 66.5 Å². The van der Waals surface area contributed by atoms with Crippen molar-refractivity contribution in [1.29, 1.82) is 0 Å². The molecule has 0 aromatic heterocycles. The van der Waals surface area contributed by atoms with Crippen LogP contribution in [0, 0.1) is 5.82 Å². The number of nitrogens with zero attached hydrogens (tertiary/aromatic N) is 2. The van der Waals surface area contributed by atoms with Crippen LogP contribution in [0.5, 0.6) is 11.5 Å². The number of carbonyl (C=O) groups excluding carboxylic acids is 2. The zero-order valence-electron chi connectivity index (χ0n) is 20.0. The molecule has 1 heterocycles. The molecule has 0 aliphatic carbocycles. The lowest BCUT2D eigenvalue weighted by Crippen LogP contribution is -2.43. The number of carbonyl (C=O) groups is 2. The van der Waals surface area contributed by atoms with Crippen LogP contribution in [0.1, 0.15) is 19.8 Å². The molecular weight excluding hydrogens is 559 g/mol. The molecule has 2 aromatic carbocycles. The first-order valence-electron chi connectivity index (χ1n) is 11.4. The maximum Gasteiger partial charge on any atom is 0.493 e. The topological polar surface area (TPSA) is 88.5 Å². The summed E-state index contributed by atoms with van der Waals surface area (Å²) in [6.45, 7) is 1.85. The summed E-state index contributed by atoms with van der Waals surface area (Å²) in [5.74, 6) is -4.37. The van der Waals surface area contributed by atoms with E-state index in [2.05, 4.69) is 4.84 Å². The lowest BCUT2D eigenvalue weighted by atomic mass is 10.1. The summed E-state index contributed by atoms with van der Waals surface area (Å²) in [6, 6.07) is 7.56. The van der Waals surface area contributed by atoms with E-state index in [4.69, 9.17) is 32.7 Å². The van der Waals surface area contributed by atoms with Crippen LogP contribution in [0.2, 0.25) is 10.0 Å². The maximum absolute atomic E-state index is 13.8. The third kappa shape index (κ3) is 8.35. The molecule has 1 aliphatic rings. The summed E-state index contributed by atoms with van der Waals surface area (Å²) in [6.07, 6.45) is -5.17. The van der Waals surface area contributed by atoms with Crippen LogP contribution >= 0.6 is 23.2 Å². The predicted molar refractivity (Wildman–Crippen MR) is 130 cm³/mol. The van der Waals surface area contributed by atoms with Crippen molar-refractivity contribution < 1.29 is 46.6 Å². The lowest BCUT2D eigenvalue weighted by Gasteiger charge is -2.33. The van der Waals surface area contributed by atoms with Crippen molar-refractivity contribution in [2.24, 2.45) is 0 Å². The number of aliphatic hydroxyl groups excluding tert-OH is 1. The van der Waals surface area contributed by atoms with Crippen LogP contribution in [0.15, 0.2) is 36.4 Å². The van der Waals surface area contributed by atoms with Gasteiger partial charge in [-0.25, -0.2) is 9.18 Å². The fourth-order valence-corrected chi connectivity index (χ4v) is 3.97. The van der Waals surface area contributed by atoms with Crippen molar-refractivity contribution in [3.8, 4) is 11.5 Å². The van der Waals surface area contributed by atoms with E-state index in [0.717, 1.165) is 25.1 Å². The smallest absolute Gasteiger partial charge is 0.490 e. The monoisotopic (exact) mass is 582 g/mol. The zero-order valence-corrected chi connectivity index (χ0v) is 21.5. The Bertz CT molecular complexity index is 1150. The minimum absolute atomic E-state index is 0.0512. The normalized spacial score (nSPS) is 15.6. The lowest BCUT2D eigenvalue weighted by molar-refractivity contribution is -0.201. The highest BCUT2D eigenvalue weighted by Gasteiger charge is 2.43. The van der Waals surface area contributed by atoms with Gasteiger partial charge in [0, 0.05) is 38.7 Å². The third-order valence-electron chi connectivity index (χ3n) is 5.46. The molecule has 1 fully saturated rings. The van der Waals surface area contributed by atoms with Crippen molar-refractivity contribution in [2.75, 3.05) is 31.3 Å². The van der Waals surface area contributed by atoms with Crippen LogP contribution in [-0.2, 0) is 14.4 Å². The number of ether oxygens (including phenoxy) is 2. The first-order valence-corrected chi connectivity index (χ1v) is 12.1. The fraction of sp³-hybridized carbons (Fsp3) is 0.417. The number of likely N-dealkylation sites (tertiary alicyclic amines) is 1. The van der Waals surface area contributed by atoms with Crippen LogP contribution in [0.4, 0.5) is 23.2 Å². The molecule has 2 aromatic rings. The summed E-state index contributed by atoms with van der Waals surface area (Å²) in [5.41, 5.74) is -0.441. The number of piperidine rings is 1. The van der Waals surface area contributed by atoms with Gasteiger partial charge in [0.2, 0.25) is 0 Å². The van der Waals surface area contributed by atoms with Crippen molar-refractivity contribution >= 4 is 40.8 Å². The van der Waals surface area contributed by atoms with Gasteiger partial charge < -0.3 is 24.3 Å². The largest absolute Gasteiger partial charge is 0.493 e. The molecule has 0 spiro atoms. The zero-order chi connectivity index (χ0) is 28.0. The average molecular weight is 583 g/mol. The number of rotatable bonds is 8. The number of anilines is 1. The van der Waals surface area contributed by atoms with E-state index in [1.807, 2.05) is 4.90 Å². The van der Waals surface area contributed by atoms with Crippen molar-refractivity contribution in [1.82, 2.24) is 4.90 Å². The van der Waals surface area contributed by atoms with Gasteiger partial charge in [-0.1, -0.05) is 23.2 Å². The summed E-state index contributed by atoms with van der Waals surface area (Å²) in [5, 5.41) is 11.3. The molecular formula is C24H24Cl2F4N2O6. The second kappa shape index (κ2) is 12.8. The van der Waals surface area contributed by atoms with Gasteiger partial charge in [0.05, 0.1) is 10.0 Å². The van der Waals surface area contributed by atoms with E-state index in [0.29, 0.717) is 41.7 Å². The highest BCUT2D eigenvalue weighted by Crippen LogP contribution is 2.32. The number of benzene rings is 2. The Morgan fingerprint density at radius 2 is 1.82 bits per heavy atom. The van der Waals surface area contributed by atoms with Gasteiger partial charge in [0.25, 0.3) is 5.91 Å². The molecule has 0 saturated carbocycles. The van der Waals surface area contributed by atoms with E-state index in [-0.39, 0.29) is 24.3 Å². The highest BCUT2D eigenvalue weighted by atomic mass is 35.5. The van der Waals surface area contributed by atoms with E-state index < -0.39 is 41.4 Å². The Hall–Kier alpha value is -2.80. The van der Waals surface area contributed by atoms with Crippen molar-refractivity contribution in [3.05, 3.63) is 52.3 Å². The summed E-state index contributed by atoms with van der Waals surface area (Å²) >= 11 is 11.9. The summed E-state index contributed by atoms with van der Waals surface area (Å²) in [7, 11) is 0. The number of hydrogen-bond donors (Lipinski definition) is 1. The molecule has 3 rings (SSSR count). The molecule has 1 N–H and O–H groups in total. The molecule has 0 bridgehead atoms. The fourth-order valence-electron chi connectivity index (χ4n) is 3.68. The van der Waals surface area contributed by atoms with Crippen LogP contribution in [0.25, 0.3) is 0 Å². The molecule has 1 amide bonds. The average Bonchev–Trinajstić information content (AvgIpc) is 2.84. The van der Waals surface area contributed by atoms with Gasteiger partial charge in [0.15, 0.2) is 0 Å².